The van der Waals surface area contributed by atoms with Gasteiger partial charge in [0, 0.05) is 24.8 Å². The van der Waals surface area contributed by atoms with Gasteiger partial charge < -0.3 is 10.2 Å². The van der Waals surface area contributed by atoms with Gasteiger partial charge in [0.2, 0.25) is 0 Å². The van der Waals surface area contributed by atoms with Gasteiger partial charge >= 0.3 is 0 Å². The van der Waals surface area contributed by atoms with E-state index in [-0.39, 0.29) is 5.91 Å². The van der Waals surface area contributed by atoms with E-state index in [0.29, 0.717) is 23.4 Å². The number of rotatable bonds is 5. The molecular formula is C22H30N4O. The first-order chi connectivity index (χ1) is 12.9. The van der Waals surface area contributed by atoms with Gasteiger partial charge in [-0.1, -0.05) is 45.9 Å². The standard InChI is InChI=1S/C22H30N4O/c1-14(2)17-9-8-10-18(15(3)4)21(17)25-22(27)19-13-20(24-16(5)23-19)26-11-6-7-12-26/h8-10,13-15H,6-7,11-12H2,1-5H3,(H,25,27). The summed E-state index contributed by atoms with van der Waals surface area (Å²) in [6.45, 7) is 12.4. The summed E-state index contributed by atoms with van der Waals surface area (Å²) in [5, 5.41) is 3.16. The SMILES string of the molecule is Cc1nc(C(=O)Nc2c(C(C)C)cccc2C(C)C)cc(N2CCCC2)n1. The average molecular weight is 367 g/mol. The summed E-state index contributed by atoms with van der Waals surface area (Å²) in [6.07, 6.45) is 2.34. The molecule has 1 fully saturated rings. The van der Waals surface area contributed by atoms with Crippen molar-refractivity contribution in [3.8, 4) is 0 Å². The van der Waals surface area contributed by atoms with Gasteiger partial charge in [-0.2, -0.15) is 0 Å². The first-order valence-corrected chi connectivity index (χ1v) is 9.91. The molecule has 5 heteroatoms. The highest BCUT2D eigenvalue weighted by Gasteiger charge is 2.20. The summed E-state index contributed by atoms with van der Waals surface area (Å²) >= 11 is 0. The predicted molar refractivity (Wildman–Crippen MR) is 111 cm³/mol. The molecule has 0 unspecified atom stereocenters. The molecule has 2 aromatic rings. The van der Waals surface area contributed by atoms with Crippen LogP contribution in [0.25, 0.3) is 0 Å². The van der Waals surface area contributed by atoms with E-state index in [0.717, 1.165) is 35.7 Å². The van der Waals surface area contributed by atoms with Crippen LogP contribution < -0.4 is 10.2 Å². The van der Waals surface area contributed by atoms with E-state index in [4.69, 9.17) is 0 Å². The van der Waals surface area contributed by atoms with Crippen molar-refractivity contribution in [3.63, 3.8) is 0 Å². The number of aryl methyl sites for hydroxylation is 1. The topological polar surface area (TPSA) is 58.1 Å². The Labute approximate surface area is 162 Å². The largest absolute Gasteiger partial charge is 0.356 e. The Morgan fingerprint density at radius 1 is 1.04 bits per heavy atom. The van der Waals surface area contributed by atoms with Gasteiger partial charge in [0.25, 0.3) is 5.91 Å². The molecule has 3 rings (SSSR count). The van der Waals surface area contributed by atoms with E-state index in [1.165, 1.54) is 12.8 Å². The van der Waals surface area contributed by atoms with Gasteiger partial charge in [0.15, 0.2) is 0 Å². The third kappa shape index (κ3) is 4.29. The highest BCUT2D eigenvalue weighted by Crippen LogP contribution is 2.32. The third-order valence-electron chi connectivity index (χ3n) is 5.10. The summed E-state index contributed by atoms with van der Waals surface area (Å²) < 4.78 is 0. The number of nitrogens with zero attached hydrogens (tertiary/aromatic N) is 3. The number of para-hydroxylation sites is 1. The highest BCUT2D eigenvalue weighted by atomic mass is 16.1. The van der Waals surface area contributed by atoms with Crippen LogP contribution in [0.1, 0.15) is 79.8 Å². The van der Waals surface area contributed by atoms with Crippen LogP contribution >= 0.6 is 0 Å². The van der Waals surface area contributed by atoms with Crippen LogP contribution in [0.5, 0.6) is 0 Å². The van der Waals surface area contributed by atoms with E-state index in [1.54, 1.807) is 0 Å². The van der Waals surface area contributed by atoms with Crippen LogP contribution in [-0.2, 0) is 0 Å². The minimum absolute atomic E-state index is 0.170. The molecule has 1 aromatic heterocycles. The minimum atomic E-state index is -0.170. The van der Waals surface area contributed by atoms with E-state index < -0.39 is 0 Å². The first-order valence-electron chi connectivity index (χ1n) is 9.91. The van der Waals surface area contributed by atoms with Crippen LogP contribution in [-0.4, -0.2) is 29.0 Å². The van der Waals surface area contributed by atoms with Crippen molar-refractivity contribution in [3.05, 3.63) is 46.9 Å². The molecule has 1 saturated heterocycles. The molecule has 0 spiro atoms. The molecule has 1 N–H and O–H groups in total. The molecule has 1 amide bonds. The van der Waals surface area contributed by atoms with Crippen molar-refractivity contribution >= 4 is 17.4 Å². The monoisotopic (exact) mass is 366 g/mol. The smallest absolute Gasteiger partial charge is 0.274 e. The zero-order chi connectivity index (χ0) is 19.6. The molecule has 27 heavy (non-hydrogen) atoms. The molecule has 0 bridgehead atoms. The number of amides is 1. The Morgan fingerprint density at radius 3 is 2.19 bits per heavy atom. The zero-order valence-corrected chi connectivity index (χ0v) is 17.0. The lowest BCUT2D eigenvalue weighted by Gasteiger charge is -2.21. The van der Waals surface area contributed by atoms with Gasteiger partial charge in [-0.3, -0.25) is 4.79 Å². The van der Waals surface area contributed by atoms with Crippen LogP contribution in [0.4, 0.5) is 11.5 Å². The fourth-order valence-electron chi connectivity index (χ4n) is 3.65. The molecule has 2 heterocycles. The number of anilines is 2. The normalized spacial score (nSPS) is 14.3. The van der Waals surface area contributed by atoms with Crippen LogP contribution in [0.2, 0.25) is 0 Å². The molecule has 0 saturated carbocycles. The van der Waals surface area contributed by atoms with Gasteiger partial charge in [0.05, 0.1) is 0 Å². The Hall–Kier alpha value is -2.43. The lowest BCUT2D eigenvalue weighted by molar-refractivity contribution is 0.102. The fraction of sp³-hybridized carbons (Fsp3) is 0.500. The summed E-state index contributed by atoms with van der Waals surface area (Å²) in [4.78, 5) is 24.2. The van der Waals surface area contributed by atoms with Crippen molar-refractivity contribution in [2.45, 2.75) is 59.3 Å². The van der Waals surface area contributed by atoms with E-state index in [2.05, 4.69) is 66.1 Å². The molecule has 5 nitrogen and oxygen atoms in total. The lowest BCUT2D eigenvalue weighted by Crippen LogP contribution is -2.22. The summed E-state index contributed by atoms with van der Waals surface area (Å²) in [6, 6.07) is 8.07. The second-order valence-corrected chi connectivity index (χ2v) is 7.93. The van der Waals surface area contributed by atoms with E-state index in [9.17, 15) is 4.79 Å². The molecule has 144 valence electrons. The number of hydrogen-bond acceptors (Lipinski definition) is 4. The molecule has 1 aliphatic heterocycles. The number of carbonyl (C=O) groups is 1. The number of benzene rings is 1. The van der Waals surface area contributed by atoms with Crippen LogP contribution in [0.3, 0.4) is 0 Å². The van der Waals surface area contributed by atoms with Crippen molar-refractivity contribution < 1.29 is 4.79 Å². The van der Waals surface area contributed by atoms with Crippen molar-refractivity contribution in [2.24, 2.45) is 0 Å². The van der Waals surface area contributed by atoms with Crippen molar-refractivity contribution in [1.29, 1.82) is 0 Å². The Kier molecular flexibility index (Phi) is 5.78. The quantitative estimate of drug-likeness (QED) is 0.819. The molecular weight excluding hydrogens is 336 g/mol. The maximum Gasteiger partial charge on any atom is 0.274 e. The summed E-state index contributed by atoms with van der Waals surface area (Å²) in [5.74, 6) is 1.96. The van der Waals surface area contributed by atoms with Gasteiger partial charge in [-0.05, 0) is 42.7 Å². The van der Waals surface area contributed by atoms with Gasteiger partial charge in [0.1, 0.15) is 17.3 Å². The third-order valence-corrected chi connectivity index (χ3v) is 5.10. The van der Waals surface area contributed by atoms with E-state index >= 15 is 0 Å². The van der Waals surface area contributed by atoms with Crippen molar-refractivity contribution in [1.82, 2.24) is 9.97 Å². The molecule has 0 atom stereocenters. The maximum absolute atomic E-state index is 13.1. The second kappa shape index (κ2) is 8.07. The maximum atomic E-state index is 13.1. The fourth-order valence-corrected chi connectivity index (χ4v) is 3.65. The van der Waals surface area contributed by atoms with Gasteiger partial charge in [-0.25, -0.2) is 9.97 Å². The molecule has 0 aliphatic carbocycles. The molecule has 1 aliphatic rings. The van der Waals surface area contributed by atoms with Gasteiger partial charge in [-0.15, -0.1) is 0 Å². The summed E-state index contributed by atoms with van der Waals surface area (Å²) in [7, 11) is 0. The van der Waals surface area contributed by atoms with Crippen LogP contribution in [0, 0.1) is 6.92 Å². The number of nitrogens with one attached hydrogen (secondary N) is 1. The molecule has 1 aromatic carbocycles. The van der Waals surface area contributed by atoms with Crippen LogP contribution in [0.15, 0.2) is 24.3 Å². The first kappa shape index (κ1) is 19.3. The van der Waals surface area contributed by atoms with Crippen molar-refractivity contribution in [2.75, 3.05) is 23.3 Å². The number of aromatic nitrogens is 2. The number of hydrogen-bond donors (Lipinski definition) is 1. The Morgan fingerprint density at radius 2 is 1.63 bits per heavy atom. The Bertz CT molecular complexity index is 797. The van der Waals surface area contributed by atoms with E-state index in [1.807, 2.05) is 13.0 Å². The second-order valence-electron chi connectivity index (χ2n) is 7.93. The Balaban J connectivity index is 1.94. The number of carbonyl (C=O) groups excluding carboxylic acids is 1. The average Bonchev–Trinajstić information content (AvgIpc) is 3.15. The lowest BCUT2D eigenvalue weighted by atomic mass is 9.92. The predicted octanol–water partition coefficient (Wildman–Crippen LogP) is 4.88. The molecule has 0 radical (unpaired) electrons. The zero-order valence-electron chi connectivity index (χ0n) is 17.0. The minimum Gasteiger partial charge on any atom is -0.356 e. The highest BCUT2D eigenvalue weighted by molar-refractivity contribution is 6.04. The summed E-state index contributed by atoms with van der Waals surface area (Å²) in [5.41, 5.74) is 3.66.